The van der Waals surface area contributed by atoms with Gasteiger partial charge in [0.05, 0.1) is 5.75 Å². The minimum Gasteiger partial charge on any atom is -0.329 e. The molecule has 0 aliphatic carbocycles. The Hall–Kier alpha value is -2.60. The van der Waals surface area contributed by atoms with Crippen LogP contribution < -0.4 is 5.32 Å². The first kappa shape index (κ1) is 16.3. The zero-order valence-electron chi connectivity index (χ0n) is 13.3. The van der Waals surface area contributed by atoms with Crippen LogP contribution in [0.1, 0.15) is 11.1 Å². The van der Waals surface area contributed by atoms with E-state index in [9.17, 15) is 4.79 Å². The van der Waals surface area contributed by atoms with Crippen molar-refractivity contribution in [3.05, 3.63) is 72.3 Å². The van der Waals surface area contributed by atoms with Crippen LogP contribution in [0.2, 0.25) is 0 Å². The lowest BCUT2D eigenvalue weighted by molar-refractivity contribution is -0.113. The van der Waals surface area contributed by atoms with Crippen molar-refractivity contribution < 1.29 is 4.79 Å². The second-order valence-corrected chi connectivity index (χ2v) is 6.33. The van der Waals surface area contributed by atoms with Crippen LogP contribution in [-0.4, -0.2) is 26.2 Å². The van der Waals surface area contributed by atoms with Crippen molar-refractivity contribution >= 4 is 23.4 Å². The first-order chi connectivity index (χ1) is 11.7. The second kappa shape index (κ2) is 7.79. The predicted octanol–water partition coefficient (Wildman–Crippen LogP) is 3.14. The van der Waals surface area contributed by atoms with Gasteiger partial charge in [0.2, 0.25) is 5.91 Å². The molecule has 6 heteroatoms. The molecule has 2 heterocycles. The third-order valence-electron chi connectivity index (χ3n) is 3.50. The van der Waals surface area contributed by atoms with Gasteiger partial charge in [-0.15, -0.1) is 0 Å². The smallest absolute Gasteiger partial charge is 0.234 e. The van der Waals surface area contributed by atoms with E-state index >= 15 is 0 Å². The maximum absolute atomic E-state index is 12.0. The van der Waals surface area contributed by atoms with Crippen LogP contribution in [0.25, 0.3) is 0 Å². The van der Waals surface area contributed by atoms with E-state index in [1.807, 2.05) is 54.2 Å². The number of imidazole rings is 1. The third kappa shape index (κ3) is 4.45. The lowest BCUT2D eigenvalue weighted by Gasteiger charge is -2.07. The highest BCUT2D eigenvalue weighted by atomic mass is 32.2. The molecule has 1 amide bonds. The summed E-state index contributed by atoms with van der Waals surface area (Å²) in [7, 11) is 1.91. The Morgan fingerprint density at radius 3 is 2.46 bits per heavy atom. The molecule has 0 unspecified atom stereocenters. The van der Waals surface area contributed by atoms with E-state index in [0.717, 1.165) is 17.3 Å². The summed E-state index contributed by atoms with van der Waals surface area (Å²) in [6, 6.07) is 11.9. The summed E-state index contributed by atoms with van der Waals surface area (Å²) in [4.78, 5) is 20.2. The van der Waals surface area contributed by atoms with Crippen molar-refractivity contribution in [1.29, 1.82) is 0 Å². The van der Waals surface area contributed by atoms with Crippen LogP contribution in [0.3, 0.4) is 0 Å². The van der Waals surface area contributed by atoms with Gasteiger partial charge in [0.1, 0.15) is 0 Å². The molecule has 24 heavy (non-hydrogen) atoms. The number of benzene rings is 1. The van der Waals surface area contributed by atoms with Gasteiger partial charge in [0.15, 0.2) is 5.16 Å². The maximum atomic E-state index is 12.0. The molecular weight excluding hydrogens is 320 g/mol. The molecule has 0 atom stereocenters. The molecule has 0 spiro atoms. The summed E-state index contributed by atoms with van der Waals surface area (Å²) >= 11 is 1.42. The number of hydrogen-bond donors (Lipinski definition) is 1. The summed E-state index contributed by atoms with van der Waals surface area (Å²) in [5.41, 5.74) is 3.22. The quantitative estimate of drug-likeness (QED) is 0.702. The summed E-state index contributed by atoms with van der Waals surface area (Å²) in [6.07, 6.45) is 8.03. The van der Waals surface area contributed by atoms with E-state index in [1.54, 1.807) is 18.6 Å². The molecule has 0 bridgehead atoms. The Labute approximate surface area is 145 Å². The fourth-order valence-corrected chi connectivity index (χ4v) is 2.99. The zero-order valence-corrected chi connectivity index (χ0v) is 14.2. The Balaban J connectivity index is 1.52. The summed E-state index contributed by atoms with van der Waals surface area (Å²) < 4.78 is 1.89. The number of pyridine rings is 1. The number of nitrogens with zero attached hydrogens (tertiary/aromatic N) is 3. The molecule has 0 fully saturated rings. The van der Waals surface area contributed by atoms with Gasteiger partial charge in [-0.05, 0) is 41.8 Å². The maximum Gasteiger partial charge on any atom is 0.234 e. The average molecular weight is 338 g/mol. The molecule has 122 valence electrons. The first-order valence-electron chi connectivity index (χ1n) is 7.58. The summed E-state index contributed by atoms with van der Waals surface area (Å²) in [5.74, 6) is 0.300. The molecule has 0 radical (unpaired) electrons. The molecule has 3 rings (SSSR count). The van der Waals surface area contributed by atoms with E-state index in [2.05, 4.69) is 15.3 Å². The van der Waals surface area contributed by atoms with Crippen molar-refractivity contribution in [2.45, 2.75) is 11.6 Å². The number of rotatable bonds is 6. The number of thioether (sulfide) groups is 1. The number of carbonyl (C=O) groups excluding carboxylic acids is 1. The van der Waals surface area contributed by atoms with Crippen molar-refractivity contribution in [2.75, 3.05) is 11.1 Å². The minimum absolute atomic E-state index is 0.0371. The number of carbonyl (C=O) groups is 1. The monoisotopic (exact) mass is 338 g/mol. The molecule has 1 N–H and O–H groups in total. The number of nitrogens with one attached hydrogen (secondary N) is 1. The van der Waals surface area contributed by atoms with Crippen LogP contribution in [0.5, 0.6) is 0 Å². The lowest BCUT2D eigenvalue weighted by atomic mass is 10.1. The van der Waals surface area contributed by atoms with E-state index in [4.69, 9.17) is 0 Å². The van der Waals surface area contributed by atoms with Gasteiger partial charge in [-0.25, -0.2) is 4.98 Å². The van der Waals surface area contributed by atoms with Crippen molar-refractivity contribution in [1.82, 2.24) is 14.5 Å². The Bertz CT molecular complexity index is 799. The van der Waals surface area contributed by atoms with E-state index < -0.39 is 0 Å². The highest BCUT2D eigenvalue weighted by molar-refractivity contribution is 7.99. The van der Waals surface area contributed by atoms with Gasteiger partial charge in [0.25, 0.3) is 0 Å². The largest absolute Gasteiger partial charge is 0.329 e. The SMILES string of the molecule is Cn1ccnc1SCC(=O)Nc1ccc(Cc2ccncc2)cc1. The molecule has 3 aromatic rings. The van der Waals surface area contributed by atoms with E-state index in [-0.39, 0.29) is 5.91 Å². The van der Waals surface area contributed by atoms with Crippen LogP contribution in [0.4, 0.5) is 5.69 Å². The number of aromatic nitrogens is 3. The Morgan fingerprint density at radius 2 is 1.79 bits per heavy atom. The molecule has 2 aromatic heterocycles. The lowest BCUT2D eigenvalue weighted by Crippen LogP contribution is -2.14. The van der Waals surface area contributed by atoms with Crippen LogP contribution in [0, 0.1) is 0 Å². The van der Waals surface area contributed by atoms with Gasteiger partial charge in [-0.3, -0.25) is 9.78 Å². The highest BCUT2D eigenvalue weighted by Crippen LogP contribution is 2.16. The normalized spacial score (nSPS) is 10.5. The zero-order chi connectivity index (χ0) is 16.8. The molecular formula is C18H18N4OS. The number of aryl methyl sites for hydroxylation is 1. The summed E-state index contributed by atoms with van der Waals surface area (Å²) in [6.45, 7) is 0. The van der Waals surface area contributed by atoms with Crippen LogP contribution >= 0.6 is 11.8 Å². The van der Waals surface area contributed by atoms with Gasteiger partial charge in [0, 0.05) is 37.5 Å². The Morgan fingerprint density at radius 1 is 1.08 bits per heavy atom. The Kier molecular flexibility index (Phi) is 5.28. The van der Waals surface area contributed by atoms with Gasteiger partial charge >= 0.3 is 0 Å². The number of amides is 1. The molecule has 0 saturated heterocycles. The van der Waals surface area contributed by atoms with Gasteiger partial charge < -0.3 is 9.88 Å². The number of hydrogen-bond acceptors (Lipinski definition) is 4. The molecule has 0 aliphatic heterocycles. The predicted molar refractivity (Wildman–Crippen MR) is 96.0 cm³/mol. The standard InChI is InChI=1S/C18H18N4OS/c1-22-11-10-20-18(22)24-13-17(23)21-16-4-2-14(3-5-16)12-15-6-8-19-9-7-15/h2-11H,12-13H2,1H3,(H,21,23). The van der Waals surface area contributed by atoms with Crippen molar-refractivity contribution in [2.24, 2.45) is 7.05 Å². The molecule has 0 saturated carbocycles. The highest BCUT2D eigenvalue weighted by Gasteiger charge is 2.06. The van der Waals surface area contributed by atoms with Crippen molar-refractivity contribution in [3.63, 3.8) is 0 Å². The fourth-order valence-electron chi connectivity index (χ4n) is 2.26. The average Bonchev–Trinajstić information content (AvgIpc) is 3.01. The third-order valence-corrected chi connectivity index (χ3v) is 4.56. The fraction of sp³-hybridized carbons (Fsp3) is 0.167. The molecule has 5 nitrogen and oxygen atoms in total. The first-order valence-corrected chi connectivity index (χ1v) is 8.57. The topological polar surface area (TPSA) is 59.8 Å². The van der Waals surface area contributed by atoms with Crippen LogP contribution in [0.15, 0.2) is 66.3 Å². The van der Waals surface area contributed by atoms with Gasteiger partial charge in [-0.2, -0.15) is 0 Å². The van der Waals surface area contributed by atoms with E-state index in [0.29, 0.717) is 5.75 Å². The summed E-state index contributed by atoms with van der Waals surface area (Å²) in [5, 5.41) is 3.74. The van der Waals surface area contributed by atoms with Crippen molar-refractivity contribution in [3.8, 4) is 0 Å². The second-order valence-electron chi connectivity index (χ2n) is 5.39. The van der Waals surface area contributed by atoms with E-state index in [1.165, 1.54) is 22.9 Å². The minimum atomic E-state index is -0.0371. The molecule has 0 aliphatic rings. The number of anilines is 1. The molecule has 1 aromatic carbocycles. The van der Waals surface area contributed by atoms with Crippen LogP contribution in [-0.2, 0) is 18.3 Å². The van der Waals surface area contributed by atoms with Gasteiger partial charge in [-0.1, -0.05) is 23.9 Å².